The lowest BCUT2D eigenvalue weighted by atomic mass is 10.1. The first kappa shape index (κ1) is 19.9. The average molecular weight is 371 g/mol. The number of nitrogens with zero attached hydrogens (tertiary/aromatic N) is 1. The van der Waals surface area contributed by atoms with Gasteiger partial charge in [0.05, 0.1) is 4.92 Å². The van der Waals surface area contributed by atoms with Gasteiger partial charge in [-0.2, -0.15) is 0 Å². The van der Waals surface area contributed by atoms with Crippen LogP contribution in [0.25, 0.3) is 0 Å². The van der Waals surface area contributed by atoms with Crippen molar-refractivity contribution >= 4 is 23.2 Å². The van der Waals surface area contributed by atoms with Crippen molar-refractivity contribution in [3.8, 4) is 5.75 Å². The molecule has 2 amide bonds. The molecule has 8 nitrogen and oxygen atoms in total. The Hall–Kier alpha value is -3.42. The molecule has 2 aromatic carbocycles. The number of nitrogens with one attached hydrogen (secondary N) is 2. The van der Waals surface area contributed by atoms with E-state index in [1.807, 2.05) is 13.8 Å². The third-order valence-electron chi connectivity index (χ3n) is 3.55. The van der Waals surface area contributed by atoms with Gasteiger partial charge in [-0.05, 0) is 45.0 Å². The normalized spacial score (nSPS) is 11.6. The maximum absolute atomic E-state index is 12.4. The highest BCUT2D eigenvalue weighted by Crippen LogP contribution is 2.27. The molecular formula is C19H21N3O5. The summed E-state index contributed by atoms with van der Waals surface area (Å²) < 4.78 is 5.44. The number of anilines is 1. The van der Waals surface area contributed by atoms with Gasteiger partial charge in [-0.3, -0.25) is 19.7 Å². The lowest BCUT2D eigenvalue weighted by Crippen LogP contribution is -2.31. The van der Waals surface area contributed by atoms with E-state index in [0.29, 0.717) is 11.3 Å². The molecule has 27 heavy (non-hydrogen) atoms. The van der Waals surface area contributed by atoms with E-state index >= 15 is 0 Å². The van der Waals surface area contributed by atoms with Crippen molar-refractivity contribution in [3.63, 3.8) is 0 Å². The van der Waals surface area contributed by atoms with Gasteiger partial charge in [0.2, 0.25) is 0 Å². The summed E-state index contributed by atoms with van der Waals surface area (Å²) in [7, 11) is 0. The van der Waals surface area contributed by atoms with Crippen LogP contribution in [-0.4, -0.2) is 28.9 Å². The van der Waals surface area contributed by atoms with Crippen molar-refractivity contribution in [2.75, 3.05) is 5.32 Å². The summed E-state index contributed by atoms with van der Waals surface area (Å²) in [4.78, 5) is 34.9. The van der Waals surface area contributed by atoms with Crippen molar-refractivity contribution in [2.24, 2.45) is 0 Å². The highest BCUT2D eigenvalue weighted by atomic mass is 16.6. The second-order valence-electron chi connectivity index (χ2n) is 6.18. The number of carbonyl (C=O) groups is 2. The van der Waals surface area contributed by atoms with Gasteiger partial charge in [-0.15, -0.1) is 0 Å². The van der Waals surface area contributed by atoms with Crippen LogP contribution in [0.4, 0.5) is 11.4 Å². The third kappa shape index (κ3) is 5.53. The third-order valence-corrected chi connectivity index (χ3v) is 3.55. The van der Waals surface area contributed by atoms with Crippen LogP contribution in [0, 0.1) is 10.1 Å². The molecule has 0 aliphatic heterocycles. The van der Waals surface area contributed by atoms with Crippen LogP contribution in [0.3, 0.4) is 0 Å². The summed E-state index contributed by atoms with van der Waals surface area (Å²) in [5.41, 5.74) is 0.618. The minimum absolute atomic E-state index is 0.00849. The molecule has 8 heteroatoms. The molecule has 0 spiro atoms. The number of amides is 2. The zero-order chi connectivity index (χ0) is 20.0. The second kappa shape index (κ2) is 8.79. The second-order valence-corrected chi connectivity index (χ2v) is 6.18. The van der Waals surface area contributed by atoms with E-state index < -0.39 is 16.9 Å². The summed E-state index contributed by atoms with van der Waals surface area (Å²) >= 11 is 0. The first-order valence-electron chi connectivity index (χ1n) is 8.39. The Morgan fingerprint density at radius 2 is 1.78 bits per heavy atom. The van der Waals surface area contributed by atoms with Crippen LogP contribution in [0.15, 0.2) is 48.5 Å². The van der Waals surface area contributed by atoms with Gasteiger partial charge in [-0.25, -0.2) is 0 Å². The van der Waals surface area contributed by atoms with Crippen molar-refractivity contribution in [2.45, 2.75) is 32.9 Å². The van der Waals surface area contributed by atoms with Crippen molar-refractivity contribution in [3.05, 3.63) is 64.2 Å². The number of carbonyl (C=O) groups excluding carboxylic acids is 2. The summed E-state index contributed by atoms with van der Waals surface area (Å²) in [6.45, 7) is 5.19. The van der Waals surface area contributed by atoms with E-state index in [-0.39, 0.29) is 23.4 Å². The van der Waals surface area contributed by atoms with Gasteiger partial charge < -0.3 is 15.4 Å². The summed E-state index contributed by atoms with van der Waals surface area (Å²) in [5, 5.41) is 16.4. The SMILES string of the molecule is CC(C)NC(=O)c1cccc(NC(=O)C(C)Oc2ccccc2[N+](=O)[O-])c1. The molecule has 0 heterocycles. The number of hydrogen-bond acceptors (Lipinski definition) is 5. The predicted octanol–water partition coefficient (Wildman–Crippen LogP) is 3.14. The number of hydrogen-bond donors (Lipinski definition) is 2. The minimum atomic E-state index is -0.973. The molecule has 2 aromatic rings. The summed E-state index contributed by atoms with van der Waals surface area (Å²) in [6.07, 6.45) is -0.973. The molecule has 2 N–H and O–H groups in total. The molecule has 0 saturated carbocycles. The fraction of sp³-hybridized carbons (Fsp3) is 0.263. The standard InChI is InChI=1S/C19H21N3O5/c1-12(2)20-19(24)14-7-6-8-15(11-14)21-18(23)13(3)27-17-10-5-4-9-16(17)22(25)26/h4-13H,1-3H3,(H,20,24)(H,21,23). The van der Waals surface area contributed by atoms with E-state index in [2.05, 4.69) is 10.6 Å². The van der Waals surface area contributed by atoms with E-state index in [9.17, 15) is 19.7 Å². The van der Waals surface area contributed by atoms with Crippen LogP contribution in [0.5, 0.6) is 5.75 Å². The zero-order valence-corrected chi connectivity index (χ0v) is 15.3. The number of benzene rings is 2. The topological polar surface area (TPSA) is 111 Å². The maximum atomic E-state index is 12.4. The largest absolute Gasteiger partial charge is 0.474 e. The molecule has 0 aliphatic carbocycles. The fourth-order valence-electron chi connectivity index (χ4n) is 2.28. The highest BCUT2D eigenvalue weighted by Gasteiger charge is 2.21. The molecule has 0 fully saturated rings. The van der Waals surface area contributed by atoms with Crippen LogP contribution in [0.2, 0.25) is 0 Å². The molecule has 0 radical (unpaired) electrons. The minimum Gasteiger partial charge on any atom is -0.474 e. The number of ether oxygens (including phenoxy) is 1. The van der Waals surface area contributed by atoms with Crippen molar-refractivity contribution in [1.82, 2.24) is 5.32 Å². The number of rotatable bonds is 7. The first-order valence-corrected chi connectivity index (χ1v) is 8.39. The summed E-state index contributed by atoms with van der Waals surface area (Å²) in [5.74, 6) is -0.727. The smallest absolute Gasteiger partial charge is 0.310 e. The quantitative estimate of drug-likeness (QED) is 0.574. The van der Waals surface area contributed by atoms with Crippen molar-refractivity contribution in [1.29, 1.82) is 0 Å². The molecule has 0 aromatic heterocycles. The molecule has 142 valence electrons. The average Bonchev–Trinajstić information content (AvgIpc) is 2.61. The van der Waals surface area contributed by atoms with E-state index in [0.717, 1.165) is 0 Å². The van der Waals surface area contributed by atoms with Gasteiger partial charge in [0.25, 0.3) is 11.8 Å². The van der Waals surface area contributed by atoms with Crippen LogP contribution in [0.1, 0.15) is 31.1 Å². The molecule has 0 aliphatic rings. The first-order chi connectivity index (χ1) is 12.8. The van der Waals surface area contributed by atoms with Gasteiger partial charge in [-0.1, -0.05) is 18.2 Å². The molecule has 0 saturated heterocycles. The molecule has 0 bridgehead atoms. The monoisotopic (exact) mass is 371 g/mol. The van der Waals surface area contributed by atoms with E-state index in [4.69, 9.17) is 4.74 Å². The molecular weight excluding hydrogens is 350 g/mol. The van der Waals surface area contributed by atoms with Gasteiger partial charge in [0, 0.05) is 23.4 Å². The number of nitro benzene ring substituents is 1. The number of para-hydroxylation sites is 2. The fourth-order valence-corrected chi connectivity index (χ4v) is 2.28. The van der Waals surface area contributed by atoms with E-state index in [1.54, 1.807) is 30.3 Å². The van der Waals surface area contributed by atoms with Gasteiger partial charge in [0.15, 0.2) is 11.9 Å². The lowest BCUT2D eigenvalue weighted by molar-refractivity contribution is -0.386. The Labute approximate surface area is 156 Å². The summed E-state index contributed by atoms with van der Waals surface area (Å²) in [6, 6.07) is 12.3. The maximum Gasteiger partial charge on any atom is 0.310 e. The lowest BCUT2D eigenvalue weighted by Gasteiger charge is -2.15. The highest BCUT2D eigenvalue weighted by molar-refractivity contribution is 5.98. The van der Waals surface area contributed by atoms with Gasteiger partial charge >= 0.3 is 5.69 Å². The predicted molar refractivity (Wildman–Crippen MR) is 101 cm³/mol. The zero-order valence-electron chi connectivity index (χ0n) is 15.3. The molecule has 1 unspecified atom stereocenters. The van der Waals surface area contributed by atoms with E-state index in [1.165, 1.54) is 25.1 Å². The Kier molecular flexibility index (Phi) is 6.48. The Morgan fingerprint density at radius 1 is 1.07 bits per heavy atom. The van der Waals surface area contributed by atoms with Crippen LogP contribution in [-0.2, 0) is 4.79 Å². The molecule has 2 rings (SSSR count). The Morgan fingerprint density at radius 3 is 2.44 bits per heavy atom. The number of nitro groups is 1. The Bertz CT molecular complexity index is 851. The Balaban J connectivity index is 2.07. The van der Waals surface area contributed by atoms with Gasteiger partial charge in [0.1, 0.15) is 0 Å². The molecule has 1 atom stereocenters. The van der Waals surface area contributed by atoms with Crippen LogP contribution >= 0.6 is 0 Å². The van der Waals surface area contributed by atoms with Crippen molar-refractivity contribution < 1.29 is 19.2 Å². The van der Waals surface area contributed by atoms with Crippen LogP contribution < -0.4 is 15.4 Å².